The van der Waals surface area contributed by atoms with Crippen LogP contribution in [0.3, 0.4) is 0 Å². The van der Waals surface area contributed by atoms with Gasteiger partial charge in [-0.15, -0.1) is 6.58 Å². The first kappa shape index (κ1) is 12.7. The molecule has 1 saturated carbocycles. The topological polar surface area (TPSA) is 21.3 Å². The lowest BCUT2D eigenvalue weighted by Gasteiger charge is -2.42. The van der Waals surface area contributed by atoms with E-state index in [1.54, 1.807) is 0 Å². The van der Waals surface area contributed by atoms with Crippen LogP contribution in [0.15, 0.2) is 12.7 Å². The molecule has 0 saturated heterocycles. The second-order valence-corrected chi connectivity index (χ2v) is 4.65. The summed E-state index contributed by atoms with van der Waals surface area (Å²) in [5, 5.41) is 3.40. The zero-order chi connectivity index (χ0) is 11.1. The molecule has 1 unspecified atom stereocenters. The van der Waals surface area contributed by atoms with Crippen LogP contribution >= 0.6 is 0 Å². The van der Waals surface area contributed by atoms with Gasteiger partial charge in [-0.3, -0.25) is 0 Å². The summed E-state index contributed by atoms with van der Waals surface area (Å²) in [6.07, 6.45) is 10.6. The zero-order valence-electron chi connectivity index (χ0n) is 10.2. The number of rotatable bonds is 8. The molecule has 0 spiro atoms. The van der Waals surface area contributed by atoms with Gasteiger partial charge < -0.3 is 10.1 Å². The molecule has 0 radical (unpaired) electrons. The maximum Gasteiger partial charge on any atom is 0.0693 e. The van der Waals surface area contributed by atoms with Gasteiger partial charge in [0.1, 0.15) is 0 Å². The van der Waals surface area contributed by atoms with Gasteiger partial charge in [-0.1, -0.05) is 6.08 Å². The predicted octanol–water partition coefficient (Wildman–Crippen LogP) is 2.89. The molecule has 1 fully saturated rings. The Morgan fingerprint density at radius 1 is 1.53 bits per heavy atom. The van der Waals surface area contributed by atoms with Crippen LogP contribution in [0.25, 0.3) is 0 Å². The van der Waals surface area contributed by atoms with Gasteiger partial charge in [0.2, 0.25) is 0 Å². The van der Waals surface area contributed by atoms with Crippen molar-refractivity contribution < 1.29 is 4.74 Å². The highest BCUT2D eigenvalue weighted by molar-refractivity contribution is 4.92. The second-order valence-electron chi connectivity index (χ2n) is 4.65. The Hall–Kier alpha value is -0.340. The van der Waals surface area contributed by atoms with Crippen molar-refractivity contribution in [2.75, 3.05) is 14.2 Å². The van der Waals surface area contributed by atoms with E-state index >= 15 is 0 Å². The smallest absolute Gasteiger partial charge is 0.0693 e. The van der Waals surface area contributed by atoms with E-state index in [0.29, 0.717) is 6.04 Å². The molecule has 0 aromatic carbocycles. The maximum atomic E-state index is 5.65. The molecule has 0 aromatic rings. The van der Waals surface area contributed by atoms with Gasteiger partial charge >= 0.3 is 0 Å². The second kappa shape index (κ2) is 6.29. The average molecular weight is 211 g/mol. The van der Waals surface area contributed by atoms with Crippen molar-refractivity contribution in [1.29, 1.82) is 0 Å². The molecule has 1 N–H and O–H groups in total. The number of allylic oxidation sites excluding steroid dienone is 1. The molecule has 0 heterocycles. The Kier molecular flexibility index (Phi) is 5.34. The lowest BCUT2D eigenvalue weighted by atomic mass is 9.75. The molecule has 0 aliphatic heterocycles. The Morgan fingerprint density at radius 2 is 2.27 bits per heavy atom. The van der Waals surface area contributed by atoms with Crippen molar-refractivity contribution in [3.8, 4) is 0 Å². The third-order valence-electron chi connectivity index (χ3n) is 3.69. The van der Waals surface area contributed by atoms with Crippen LogP contribution < -0.4 is 5.32 Å². The number of hydrogen-bond acceptors (Lipinski definition) is 2. The van der Waals surface area contributed by atoms with E-state index in [9.17, 15) is 0 Å². The van der Waals surface area contributed by atoms with Gasteiger partial charge in [-0.2, -0.15) is 0 Å². The Morgan fingerprint density at radius 3 is 2.67 bits per heavy atom. The molecular weight excluding hydrogens is 186 g/mol. The van der Waals surface area contributed by atoms with Crippen LogP contribution in [0.4, 0.5) is 0 Å². The van der Waals surface area contributed by atoms with Crippen molar-refractivity contribution in [2.45, 2.75) is 56.6 Å². The molecule has 0 amide bonds. The fourth-order valence-electron chi connectivity index (χ4n) is 2.37. The average Bonchev–Trinajstić information content (AvgIpc) is 2.21. The lowest BCUT2D eigenvalue weighted by Crippen LogP contribution is -2.45. The normalized spacial score (nSPS) is 20.7. The first-order valence-corrected chi connectivity index (χ1v) is 6.09. The quantitative estimate of drug-likeness (QED) is 0.492. The van der Waals surface area contributed by atoms with E-state index in [-0.39, 0.29) is 5.60 Å². The molecule has 0 bridgehead atoms. The summed E-state index contributed by atoms with van der Waals surface area (Å²) in [6.45, 7) is 3.76. The predicted molar refractivity (Wildman–Crippen MR) is 65.1 cm³/mol. The third-order valence-corrected chi connectivity index (χ3v) is 3.69. The fourth-order valence-corrected chi connectivity index (χ4v) is 2.37. The van der Waals surface area contributed by atoms with Crippen molar-refractivity contribution in [1.82, 2.24) is 5.32 Å². The zero-order valence-corrected chi connectivity index (χ0v) is 10.2. The Balaban J connectivity index is 2.28. The highest BCUT2D eigenvalue weighted by atomic mass is 16.5. The number of methoxy groups -OCH3 is 1. The van der Waals surface area contributed by atoms with Crippen LogP contribution in [-0.4, -0.2) is 25.8 Å². The summed E-state index contributed by atoms with van der Waals surface area (Å²) in [7, 11) is 3.91. The van der Waals surface area contributed by atoms with Crippen LogP contribution in [0, 0.1) is 0 Å². The van der Waals surface area contributed by atoms with Gasteiger partial charge in [0.25, 0.3) is 0 Å². The summed E-state index contributed by atoms with van der Waals surface area (Å²) in [5.74, 6) is 0. The maximum absolute atomic E-state index is 5.65. The number of ether oxygens (including phenoxy) is 1. The monoisotopic (exact) mass is 211 g/mol. The van der Waals surface area contributed by atoms with Crippen molar-refractivity contribution in [3.05, 3.63) is 12.7 Å². The number of unbranched alkanes of at least 4 members (excludes halogenated alkanes) is 1. The molecule has 0 aromatic heterocycles. The molecule has 1 atom stereocenters. The standard InChI is InChI=1S/C13H25NO/c1-4-5-6-8-12(14-2)11-13(15-3)9-7-10-13/h4,12,14H,1,5-11H2,2-3H3. The third kappa shape index (κ3) is 3.62. The molecule has 2 heteroatoms. The highest BCUT2D eigenvalue weighted by Crippen LogP contribution is 2.39. The van der Waals surface area contributed by atoms with Gasteiger partial charge in [0.15, 0.2) is 0 Å². The van der Waals surface area contributed by atoms with Crippen LogP contribution in [0.2, 0.25) is 0 Å². The Bertz CT molecular complexity index is 181. The SMILES string of the molecule is C=CCCCC(CC1(OC)CCC1)NC. The minimum absolute atomic E-state index is 0.196. The largest absolute Gasteiger partial charge is 0.378 e. The van der Waals surface area contributed by atoms with Crippen molar-refractivity contribution >= 4 is 0 Å². The lowest BCUT2D eigenvalue weighted by molar-refractivity contribution is -0.0835. The molecule has 2 nitrogen and oxygen atoms in total. The fraction of sp³-hybridized carbons (Fsp3) is 0.846. The number of hydrogen-bond donors (Lipinski definition) is 1. The van der Waals surface area contributed by atoms with E-state index in [0.717, 1.165) is 12.8 Å². The molecule has 1 aliphatic rings. The van der Waals surface area contributed by atoms with Crippen molar-refractivity contribution in [2.24, 2.45) is 0 Å². The minimum Gasteiger partial charge on any atom is -0.378 e. The summed E-state index contributed by atoms with van der Waals surface area (Å²) < 4.78 is 5.65. The van der Waals surface area contributed by atoms with Gasteiger partial charge in [0, 0.05) is 13.2 Å². The minimum atomic E-state index is 0.196. The van der Waals surface area contributed by atoms with Crippen LogP contribution in [-0.2, 0) is 4.74 Å². The summed E-state index contributed by atoms with van der Waals surface area (Å²) in [5.41, 5.74) is 0.196. The van der Waals surface area contributed by atoms with Crippen LogP contribution in [0.5, 0.6) is 0 Å². The summed E-state index contributed by atoms with van der Waals surface area (Å²) >= 11 is 0. The van der Waals surface area contributed by atoms with E-state index in [2.05, 4.69) is 18.9 Å². The number of nitrogens with one attached hydrogen (secondary N) is 1. The van der Waals surface area contributed by atoms with E-state index in [1.807, 2.05) is 13.2 Å². The first-order chi connectivity index (χ1) is 7.26. The molecule has 1 aliphatic carbocycles. The molecule has 1 rings (SSSR count). The van der Waals surface area contributed by atoms with Gasteiger partial charge in [-0.05, 0) is 52.0 Å². The molecule has 15 heavy (non-hydrogen) atoms. The highest BCUT2D eigenvalue weighted by Gasteiger charge is 2.38. The van der Waals surface area contributed by atoms with Gasteiger partial charge in [0.05, 0.1) is 5.60 Å². The Labute approximate surface area is 94.1 Å². The molecule has 88 valence electrons. The van der Waals surface area contributed by atoms with Crippen LogP contribution in [0.1, 0.15) is 44.9 Å². The van der Waals surface area contributed by atoms with E-state index < -0.39 is 0 Å². The summed E-state index contributed by atoms with van der Waals surface area (Å²) in [4.78, 5) is 0. The van der Waals surface area contributed by atoms with E-state index in [1.165, 1.54) is 32.1 Å². The summed E-state index contributed by atoms with van der Waals surface area (Å²) in [6, 6.07) is 0.602. The van der Waals surface area contributed by atoms with Crippen molar-refractivity contribution in [3.63, 3.8) is 0 Å². The van der Waals surface area contributed by atoms with Gasteiger partial charge in [-0.25, -0.2) is 0 Å². The van der Waals surface area contributed by atoms with E-state index in [4.69, 9.17) is 4.74 Å². The first-order valence-electron chi connectivity index (χ1n) is 6.09. The molecular formula is C13H25NO.